The largest absolute Gasteiger partial charge is 0.382 e. The van der Waals surface area contributed by atoms with Crippen LogP contribution in [0.15, 0.2) is 0 Å². The number of imidazole rings is 1. The Hall–Kier alpha value is -1.62. The van der Waals surface area contributed by atoms with Crippen molar-refractivity contribution in [2.75, 3.05) is 12.3 Å². The standard InChI is InChI=1S/C14H18N4O/c1-8-3-2-4-9-11(8)13-12(14(15)16-9)17-10-7-19-6-5-18(10)13/h8H,2-7H2,1H3,(H2,15,16). The van der Waals surface area contributed by atoms with Gasteiger partial charge in [-0.05, 0) is 25.2 Å². The topological polar surface area (TPSA) is 66.0 Å². The zero-order chi connectivity index (χ0) is 13.0. The number of pyridine rings is 1. The fraction of sp³-hybridized carbons (Fsp3) is 0.571. The molecule has 0 spiro atoms. The van der Waals surface area contributed by atoms with Gasteiger partial charge in [0, 0.05) is 17.8 Å². The summed E-state index contributed by atoms with van der Waals surface area (Å²) in [6.07, 6.45) is 3.47. The van der Waals surface area contributed by atoms with Gasteiger partial charge < -0.3 is 15.0 Å². The number of rotatable bonds is 0. The number of aryl methyl sites for hydroxylation is 1. The lowest BCUT2D eigenvalue weighted by Gasteiger charge is -2.24. The van der Waals surface area contributed by atoms with Crippen LogP contribution in [0.25, 0.3) is 11.0 Å². The van der Waals surface area contributed by atoms with Gasteiger partial charge in [-0.2, -0.15) is 0 Å². The molecular formula is C14H18N4O. The SMILES string of the molecule is CC1CCCc2nc(N)c3nc4n(c3c21)CCOC4. The summed E-state index contributed by atoms with van der Waals surface area (Å²) >= 11 is 0. The summed E-state index contributed by atoms with van der Waals surface area (Å²) < 4.78 is 7.78. The minimum absolute atomic E-state index is 0.544. The molecule has 100 valence electrons. The van der Waals surface area contributed by atoms with E-state index >= 15 is 0 Å². The summed E-state index contributed by atoms with van der Waals surface area (Å²) in [6.45, 7) is 4.49. The zero-order valence-electron chi connectivity index (χ0n) is 11.1. The van der Waals surface area contributed by atoms with Crippen LogP contribution >= 0.6 is 0 Å². The molecule has 1 atom stereocenters. The summed E-state index contributed by atoms with van der Waals surface area (Å²) in [7, 11) is 0. The second kappa shape index (κ2) is 3.93. The van der Waals surface area contributed by atoms with Crippen molar-refractivity contribution in [3.05, 3.63) is 17.1 Å². The summed E-state index contributed by atoms with van der Waals surface area (Å²) in [5.41, 5.74) is 10.7. The third-order valence-corrected chi connectivity index (χ3v) is 4.34. The van der Waals surface area contributed by atoms with E-state index in [1.54, 1.807) is 0 Å². The molecule has 2 aromatic rings. The van der Waals surface area contributed by atoms with Crippen LogP contribution in [0.5, 0.6) is 0 Å². The number of anilines is 1. The Morgan fingerprint density at radius 2 is 2.26 bits per heavy atom. The quantitative estimate of drug-likeness (QED) is 0.784. The first-order valence-electron chi connectivity index (χ1n) is 7.01. The van der Waals surface area contributed by atoms with Crippen LogP contribution in [0, 0.1) is 0 Å². The van der Waals surface area contributed by atoms with Gasteiger partial charge in [-0.3, -0.25) is 0 Å². The molecule has 1 aliphatic carbocycles. The second-order valence-electron chi connectivity index (χ2n) is 5.58. The molecule has 0 saturated heterocycles. The Bertz CT molecular complexity index is 661. The molecule has 3 heterocycles. The van der Waals surface area contributed by atoms with Gasteiger partial charge in [0.1, 0.15) is 17.9 Å². The summed E-state index contributed by atoms with van der Waals surface area (Å²) in [6, 6.07) is 0. The van der Waals surface area contributed by atoms with Crippen molar-refractivity contribution in [3.8, 4) is 0 Å². The lowest BCUT2D eigenvalue weighted by atomic mass is 9.86. The van der Waals surface area contributed by atoms with E-state index in [-0.39, 0.29) is 0 Å². The van der Waals surface area contributed by atoms with Crippen LogP contribution in [0.4, 0.5) is 5.82 Å². The molecule has 0 amide bonds. The Kier molecular flexibility index (Phi) is 2.33. The second-order valence-corrected chi connectivity index (χ2v) is 5.58. The van der Waals surface area contributed by atoms with Gasteiger partial charge in [-0.15, -0.1) is 0 Å². The molecule has 0 fully saturated rings. The van der Waals surface area contributed by atoms with E-state index in [0.29, 0.717) is 18.3 Å². The van der Waals surface area contributed by atoms with Crippen LogP contribution in [-0.4, -0.2) is 21.1 Å². The highest BCUT2D eigenvalue weighted by Crippen LogP contribution is 2.38. The van der Waals surface area contributed by atoms with Gasteiger partial charge in [-0.25, -0.2) is 9.97 Å². The molecule has 4 rings (SSSR count). The zero-order valence-corrected chi connectivity index (χ0v) is 11.1. The molecule has 5 nitrogen and oxygen atoms in total. The maximum absolute atomic E-state index is 6.11. The summed E-state index contributed by atoms with van der Waals surface area (Å²) in [5, 5.41) is 0. The number of nitrogens with two attached hydrogens (primary N) is 1. The maximum Gasteiger partial charge on any atom is 0.151 e. The van der Waals surface area contributed by atoms with Crippen molar-refractivity contribution >= 4 is 16.9 Å². The molecule has 0 bridgehead atoms. The highest BCUT2D eigenvalue weighted by atomic mass is 16.5. The first-order chi connectivity index (χ1) is 9.25. The highest BCUT2D eigenvalue weighted by molar-refractivity contribution is 5.89. The number of nitrogens with zero attached hydrogens (tertiary/aromatic N) is 3. The van der Waals surface area contributed by atoms with Crippen molar-refractivity contribution in [3.63, 3.8) is 0 Å². The number of fused-ring (bicyclic) bond motifs is 5. The van der Waals surface area contributed by atoms with Crippen LogP contribution in [-0.2, 0) is 24.3 Å². The number of hydrogen-bond acceptors (Lipinski definition) is 4. The van der Waals surface area contributed by atoms with E-state index in [1.807, 2.05) is 0 Å². The molecule has 0 saturated carbocycles. The lowest BCUT2D eigenvalue weighted by Crippen LogP contribution is -2.18. The minimum Gasteiger partial charge on any atom is -0.382 e. The molecular weight excluding hydrogens is 240 g/mol. The van der Waals surface area contributed by atoms with Gasteiger partial charge in [0.15, 0.2) is 5.82 Å². The van der Waals surface area contributed by atoms with Crippen molar-refractivity contribution < 1.29 is 4.74 Å². The fourth-order valence-corrected chi connectivity index (χ4v) is 3.44. The Labute approximate surface area is 111 Å². The third kappa shape index (κ3) is 1.51. The van der Waals surface area contributed by atoms with Crippen molar-refractivity contribution in [1.82, 2.24) is 14.5 Å². The third-order valence-electron chi connectivity index (χ3n) is 4.34. The minimum atomic E-state index is 0.544. The molecule has 5 heteroatoms. The van der Waals surface area contributed by atoms with E-state index in [0.717, 1.165) is 30.9 Å². The van der Waals surface area contributed by atoms with Crippen LogP contribution in [0.1, 0.15) is 42.8 Å². The Balaban J connectivity index is 2.10. The van der Waals surface area contributed by atoms with Gasteiger partial charge in [-0.1, -0.05) is 6.92 Å². The van der Waals surface area contributed by atoms with Crippen molar-refractivity contribution in [1.29, 1.82) is 0 Å². The van der Waals surface area contributed by atoms with E-state index in [2.05, 4.69) is 21.5 Å². The molecule has 19 heavy (non-hydrogen) atoms. The fourth-order valence-electron chi connectivity index (χ4n) is 3.44. The molecule has 2 N–H and O–H groups in total. The number of aromatic nitrogens is 3. The first kappa shape index (κ1) is 11.2. The molecule has 1 unspecified atom stereocenters. The maximum atomic E-state index is 6.11. The average molecular weight is 258 g/mol. The predicted octanol–water partition coefficient (Wildman–Crippen LogP) is 1.98. The number of hydrogen-bond donors (Lipinski definition) is 1. The molecule has 2 aliphatic rings. The van der Waals surface area contributed by atoms with Crippen LogP contribution in [0.2, 0.25) is 0 Å². The Morgan fingerprint density at radius 1 is 1.37 bits per heavy atom. The summed E-state index contributed by atoms with van der Waals surface area (Å²) in [5.74, 6) is 2.11. The molecule has 0 radical (unpaired) electrons. The van der Waals surface area contributed by atoms with Gasteiger partial charge >= 0.3 is 0 Å². The van der Waals surface area contributed by atoms with E-state index < -0.39 is 0 Å². The normalized spacial score (nSPS) is 22.3. The van der Waals surface area contributed by atoms with E-state index in [4.69, 9.17) is 10.5 Å². The predicted molar refractivity (Wildman–Crippen MR) is 72.9 cm³/mol. The average Bonchev–Trinajstić information content (AvgIpc) is 2.79. The molecule has 2 aromatic heterocycles. The number of ether oxygens (including phenoxy) is 1. The smallest absolute Gasteiger partial charge is 0.151 e. The van der Waals surface area contributed by atoms with Crippen LogP contribution in [0.3, 0.4) is 0 Å². The van der Waals surface area contributed by atoms with Gasteiger partial charge in [0.05, 0.1) is 12.1 Å². The Morgan fingerprint density at radius 3 is 3.16 bits per heavy atom. The van der Waals surface area contributed by atoms with Crippen LogP contribution < -0.4 is 5.73 Å². The highest BCUT2D eigenvalue weighted by Gasteiger charge is 2.27. The molecule has 1 aliphatic heterocycles. The molecule has 0 aromatic carbocycles. The van der Waals surface area contributed by atoms with Gasteiger partial charge in [0.2, 0.25) is 0 Å². The lowest BCUT2D eigenvalue weighted by molar-refractivity contribution is 0.0830. The first-order valence-corrected chi connectivity index (χ1v) is 7.01. The van der Waals surface area contributed by atoms with E-state index in [9.17, 15) is 0 Å². The summed E-state index contributed by atoms with van der Waals surface area (Å²) in [4.78, 5) is 9.24. The monoisotopic (exact) mass is 258 g/mol. The van der Waals surface area contributed by atoms with Gasteiger partial charge in [0.25, 0.3) is 0 Å². The van der Waals surface area contributed by atoms with E-state index in [1.165, 1.54) is 29.6 Å². The van der Waals surface area contributed by atoms with Crippen molar-refractivity contribution in [2.45, 2.75) is 45.3 Å². The van der Waals surface area contributed by atoms with Crippen molar-refractivity contribution in [2.24, 2.45) is 0 Å². The number of nitrogen functional groups attached to an aromatic ring is 1.